The Morgan fingerprint density at radius 3 is 2.78 bits per heavy atom. The van der Waals surface area contributed by atoms with E-state index in [-0.39, 0.29) is 5.91 Å². The van der Waals surface area contributed by atoms with Crippen molar-refractivity contribution in [3.63, 3.8) is 0 Å². The molecule has 0 atom stereocenters. The minimum Gasteiger partial charge on any atom is -0.348 e. The number of amides is 1. The van der Waals surface area contributed by atoms with Crippen LogP contribution in [0.15, 0.2) is 24.2 Å². The van der Waals surface area contributed by atoms with Crippen molar-refractivity contribution in [3.05, 3.63) is 24.2 Å². The third-order valence-corrected chi connectivity index (χ3v) is 1.09. The fourth-order valence-electron chi connectivity index (χ4n) is 0.533. The average molecular weight is 124 g/mol. The molecule has 0 unspecified atom stereocenters. The maximum atomic E-state index is 10.7. The normalized spacial score (nSPS) is 18.1. The maximum absolute atomic E-state index is 10.7. The van der Waals surface area contributed by atoms with E-state index in [1.807, 2.05) is 0 Å². The van der Waals surface area contributed by atoms with Crippen LogP contribution in [0, 0.1) is 0 Å². The lowest BCUT2D eigenvalue weighted by Crippen LogP contribution is -2.33. The quantitative estimate of drug-likeness (QED) is 0.480. The Labute approximate surface area is 53.4 Å². The van der Waals surface area contributed by atoms with Crippen LogP contribution in [0.2, 0.25) is 0 Å². The Morgan fingerprint density at radius 1 is 1.67 bits per heavy atom. The molecule has 1 heterocycles. The largest absolute Gasteiger partial charge is 0.348 e. The third-order valence-electron chi connectivity index (χ3n) is 1.09. The van der Waals surface area contributed by atoms with E-state index >= 15 is 0 Å². The highest BCUT2D eigenvalue weighted by Crippen LogP contribution is 1.96. The van der Waals surface area contributed by atoms with Crippen LogP contribution in [-0.2, 0) is 4.79 Å². The van der Waals surface area contributed by atoms with Crippen molar-refractivity contribution in [2.24, 2.45) is 0 Å². The Kier molecular flexibility index (Phi) is 1.26. The number of hydrogen-bond acceptors (Lipinski definition) is 2. The number of hydrogen-bond donors (Lipinski definition) is 2. The van der Waals surface area contributed by atoms with Gasteiger partial charge >= 0.3 is 0 Å². The summed E-state index contributed by atoms with van der Waals surface area (Å²) < 4.78 is 0. The predicted octanol–water partition coefficient (Wildman–Crippen LogP) is 0.0808. The zero-order valence-electron chi connectivity index (χ0n) is 5.19. The number of nitrogens with one attached hydrogen (secondary N) is 2. The monoisotopic (exact) mass is 124 g/mol. The van der Waals surface area contributed by atoms with Crippen molar-refractivity contribution in [1.82, 2.24) is 10.6 Å². The molecule has 2 N–H and O–H groups in total. The Bertz CT molecular complexity index is 193. The molecule has 0 fully saturated rings. The zero-order chi connectivity index (χ0) is 6.85. The predicted molar refractivity (Wildman–Crippen MR) is 34.2 cm³/mol. The molecule has 0 spiro atoms. The second-order valence-electron chi connectivity index (χ2n) is 1.90. The molecule has 0 aromatic rings. The van der Waals surface area contributed by atoms with Gasteiger partial charge in [0.1, 0.15) is 5.82 Å². The molecule has 0 saturated carbocycles. The SMILES string of the molecule is C=C1NC=C(C)C(=O)N1. The number of carbonyl (C=O) groups is 1. The summed E-state index contributed by atoms with van der Waals surface area (Å²) in [6.07, 6.45) is 1.63. The van der Waals surface area contributed by atoms with E-state index < -0.39 is 0 Å². The molecule has 1 aliphatic heterocycles. The third kappa shape index (κ3) is 1.10. The molecule has 48 valence electrons. The zero-order valence-corrected chi connectivity index (χ0v) is 5.19. The van der Waals surface area contributed by atoms with Crippen LogP contribution in [-0.4, -0.2) is 5.91 Å². The molecule has 1 amide bonds. The summed E-state index contributed by atoms with van der Waals surface area (Å²) in [5.41, 5.74) is 0.669. The molecule has 0 radical (unpaired) electrons. The van der Waals surface area contributed by atoms with Crippen molar-refractivity contribution in [2.45, 2.75) is 6.92 Å². The molecule has 9 heavy (non-hydrogen) atoms. The van der Waals surface area contributed by atoms with E-state index in [4.69, 9.17) is 0 Å². The van der Waals surface area contributed by atoms with Crippen molar-refractivity contribution in [3.8, 4) is 0 Å². The van der Waals surface area contributed by atoms with Gasteiger partial charge in [0.15, 0.2) is 0 Å². The van der Waals surface area contributed by atoms with E-state index in [9.17, 15) is 4.79 Å². The molecule has 0 aromatic carbocycles. The average Bonchev–Trinajstić information content (AvgIpc) is 1.80. The van der Waals surface area contributed by atoms with Crippen LogP contribution in [0.4, 0.5) is 0 Å². The van der Waals surface area contributed by atoms with E-state index in [2.05, 4.69) is 17.2 Å². The first-order valence-electron chi connectivity index (χ1n) is 2.64. The Hall–Kier alpha value is -1.25. The lowest BCUT2D eigenvalue weighted by molar-refractivity contribution is -0.117. The molecule has 0 saturated heterocycles. The van der Waals surface area contributed by atoms with Crippen LogP contribution in [0.5, 0.6) is 0 Å². The van der Waals surface area contributed by atoms with E-state index in [0.717, 1.165) is 0 Å². The lowest BCUT2D eigenvalue weighted by Gasteiger charge is -2.13. The second-order valence-corrected chi connectivity index (χ2v) is 1.90. The van der Waals surface area contributed by atoms with Crippen LogP contribution < -0.4 is 10.6 Å². The van der Waals surface area contributed by atoms with Crippen molar-refractivity contribution in [1.29, 1.82) is 0 Å². The number of carbonyl (C=O) groups excluding carboxylic acids is 1. The van der Waals surface area contributed by atoms with Gasteiger partial charge in [-0.15, -0.1) is 0 Å². The minimum atomic E-state index is -0.0845. The smallest absolute Gasteiger partial charge is 0.253 e. The van der Waals surface area contributed by atoms with Gasteiger partial charge in [0, 0.05) is 11.8 Å². The summed E-state index contributed by atoms with van der Waals surface area (Å²) >= 11 is 0. The lowest BCUT2D eigenvalue weighted by atomic mass is 10.3. The highest BCUT2D eigenvalue weighted by Gasteiger charge is 2.08. The molecule has 1 rings (SSSR count). The first-order valence-corrected chi connectivity index (χ1v) is 2.64. The van der Waals surface area contributed by atoms with Gasteiger partial charge in [-0.05, 0) is 6.92 Å². The highest BCUT2D eigenvalue weighted by atomic mass is 16.1. The van der Waals surface area contributed by atoms with Crippen LogP contribution in [0.3, 0.4) is 0 Å². The number of rotatable bonds is 0. The molecule has 3 heteroatoms. The first-order chi connectivity index (χ1) is 4.20. The van der Waals surface area contributed by atoms with E-state index in [0.29, 0.717) is 11.4 Å². The fourth-order valence-corrected chi connectivity index (χ4v) is 0.533. The summed E-state index contributed by atoms with van der Waals surface area (Å²) in [4.78, 5) is 10.7. The topological polar surface area (TPSA) is 41.1 Å². The Balaban J connectivity index is 2.79. The molecular formula is C6H8N2O. The standard InChI is InChI=1S/C6H8N2O/c1-4-3-7-5(2)8-6(4)9/h3,7H,2H2,1H3,(H,8,9). The van der Waals surface area contributed by atoms with Crippen molar-refractivity contribution in [2.75, 3.05) is 0 Å². The summed E-state index contributed by atoms with van der Waals surface area (Å²) in [6, 6.07) is 0. The van der Waals surface area contributed by atoms with Gasteiger partial charge in [0.2, 0.25) is 0 Å². The van der Waals surface area contributed by atoms with Gasteiger partial charge in [-0.25, -0.2) is 0 Å². The fraction of sp³-hybridized carbons (Fsp3) is 0.167. The summed E-state index contributed by atoms with van der Waals surface area (Å²) in [6.45, 7) is 5.24. The summed E-state index contributed by atoms with van der Waals surface area (Å²) in [5.74, 6) is 0.448. The van der Waals surface area contributed by atoms with Gasteiger partial charge in [0.25, 0.3) is 5.91 Å². The first kappa shape index (κ1) is 5.88. The van der Waals surface area contributed by atoms with E-state index in [1.165, 1.54) is 0 Å². The second kappa shape index (κ2) is 1.93. The Morgan fingerprint density at radius 2 is 2.33 bits per heavy atom. The van der Waals surface area contributed by atoms with Crippen LogP contribution in [0.25, 0.3) is 0 Å². The van der Waals surface area contributed by atoms with Gasteiger partial charge in [-0.3, -0.25) is 4.79 Å². The molecule has 1 aliphatic rings. The summed E-state index contributed by atoms with van der Waals surface area (Å²) in [5, 5.41) is 5.29. The maximum Gasteiger partial charge on any atom is 0.253 e. The molecule has 0 bridgehead atoms. The van der Waals surface area contributed by atoms with Crippen molar-refractivity contribution >= 4 is 5.91 Å². The molecule has 0 aliphatic carbocycles. The summed E-state index contributed by atoms with van der Waals surface area (Å²) in [7, 11) is 0. The van der Waals surface area contributed by atoms with E-state index in [1.54, 1.807) is 13.1 Å². The van der Waals surface area contributed by atoms with Gasteiger partial charge in [-0.2, -0.15) is 0 Å². The van der Waals surface area contributed by atoms with Crippen LogP contribution in [0.1, 0.15) is 6.92 Å². The minimum absolute atomic E-state index is 0.0845. The van der Waals surface area contributed by atoms with Gasteiger partial charge < -0.3 is 10.6 Å². The van der Waals surface area contributed by atoms with Gasteiger partial charge in [0.05, 0.1) is 0 Å². The van der Waals surface area contributed by atoms with Crippen LogP contribution >= 0.6 is 0 Å². The van der Waals surface area contributed by atoms with Gasteiger partial charge in [-0.1, -0.05) is 6.58 Å². The molecule has 0 aromatic heterocycles. The molecule has 3 nitrogen and oxygen atoms in total. The molecular weight excluding hydrogens is 116 g/mol. The highest BCUT2D eigenvalue weighted by molar-refractivity contribution is 5.94. The van der Waals surface area contributed by atoms with Crippen molar-refractivity contribution < 1.29 is 4.79 Å².